The largest absolute Gasteiger partial charge is 0.491 e. The average molecular weight is 784 g/mol. The first kappa shape index (κ1) is 42.3. The predicted molar refractivity (Wildman–Crippen MR) is 210 cm³/mol. The highest BCUT2D eigenvalue weighted by Crippen LogP contribution is 2.21. The van der Waals surface area contributed by atoms with Crippen LogP contribution in [0.25, 0.3) is 0 Å². The minimum atomic E-state index is -1.45. The lowest BCUT2D eigenvalue weighted by Gasteiger charge is -2.32. The van der Waals surface area contributed by atoms with E-state index in [4.69, 9.17) is 4.74 Å². The summed E-state index contributed by atoms with van der Waals surface area (Å²) < 4.78 is 6.15. The number of carbonyl (C=O) groups excluding carboxylic acids is 6. The van der Waals surface area contributed by atoms with Gasteiger partial charge in [0.1, 0.15) is 42.2 Å². The molecule has 6 atom stereocenters. The maximum absolute atomic E-state index is 13.8. The molecule has 6 amide bonds. The molecule has 304 valence electrons. The number of carbonyl (C=O) groups is 6. The molecule has 2 bridgehead atoms. The Hall–Kier alpha value is -5.83. The molecule has 6 N–H and O–H groups in total. The number of fused-ring (bicyclic) bond motifs is 17. The highest BCUT2D eigenvalue weighted by Gasteiger charge is 2.35. The van der Waals surface area contributed by atoms with Crippen LogP contribution in [-0.4, -0.2) is 106 Å². The van der Waals surface area contributed by atoms with Crippen LogP contribution in [0.15, 0.2) is 79.0 Å². The summed E-state index contributed by atoms with van der Waals surface area (Å²) in [4.78, 5) is 86.9. The van der Waals surface area contributed by atoms with E-state index in [2.05, 4.69) is 31.6 Å². The summed E-state index contributed by atoms with van der Waals surface area (Å²) in [6, 6.07) is 16.5. The number of aromatic nitrogens is 1. The molecule has 1 saturated heterocycles. The minimum absolute atomic E-state index is 0.0746. The minimum Gasteiger partial charge on any atom is -0.491 e. The number of likely N-dealkylation sites (tertiary alicyclic amines) is 1. The van der Waals surface area contributed by atoms with E-state index >= 15 is 0 Å². The SMILES string of the molecule is CC(C)[C@H]1NC(=O)[C@H]([C@@H](C)O)NC(=O)[C@@H](C)NC(=O)[C@@H](NC(=O)C2CCN(C(=O)c3ccccn3)CC2)Cc2ccc(cc2)OC[C@H](Cc2ccccc2)NC1=O. The second-order valence-corrected chi connectivity index (χ2v) is 15.1. The Balaban J connectivity index is 1.36. The molecule has 0 saturated carbocycles. The van der Waals surface area contributed by atoms with Crippen LogP contribution in [0.5, 0.6) is 5.75 Å². The molecule has 0 unspecified atom stereocenters. The molecule has 0 spiro atoms. The Labute approximate surface area is 332 Å². The van der Waals surface area contributed by atoms with Gasteiger partial charge in [-0.25, -0.2) is 0 Å². The van der Waals surface area contributed by atoms with Gasteiger partial charge >= 0.3 is 0 Å². The maximum Gasteiger partial charge on any atom is 0.272 e. The summed E-state index contributed by atoms with van der Waals surface area (Å²) in [6.07, 6.45) is 1.47. The fourth-order valence-corrected chi connectivity index (χ4v) is 6.83. The number of benzene rings is 2. The average Bonchev–Trinajstić information content (AvgIpc) is 3.20. The van der Waals surface area contributed by atoms with Crippen LogP contribution in [-0.2, 0) is 36.8 Å². The van der Waals surface area contributed by atoms with E-state index in [0.717, 1.165) is 5.56 Å². The third-order valence-electron chi connectivity index (χ3n) is 10.2. The molecule has 6 rings (SSSR count). The lowest BCUT2D eigenvalue weighted by atomic mass is 9.94. The van der Waals surface area contributed by atoms with Crippen molar-refractivity contribution in [1.29, 1.82) is 0 Å². The van der Waals surface area contributed by atoms with Crippen molar-refractivity contribution < 1.29 is 38.6 Å². The summed E-state index contributed by atoms with van der Waals surface area (Å²) in [6.45, 7) is 7.07. The van der Waals surface area contributed by atoms with Crippen molar-refractivity contribution in [1.82, 2.24) is 36.5 Å². The van der Waals surface area contributed by atoms with Gasteiger partial charge in [0.15, 0.2) is 0 Å². The Morgan fingerprint density at radius 3 is 2.11 bits per heavy atom. The van der Waals surface area contributed by atoms with E-state index in [9.17, 15) is 33.9 Å². The number of nitrogens with one attached hydrogen (secondary N) is 5. The standard InChI is InChI=1S/C42H53N7O8/c1-25(2)35-40(54)45-31(22-28-10-6-5-7-11-28)24-57-32-15-13-29(14-16-32)23-34(39(53)44-26(3)37(51)48-36(27(4)50)41(55)47-35)46-38(52)30-17-20-49(21-18-30)42(56)33-12-8-9-19-43-33/h5-16,19,25-27,30-31,34-36,50H,17-18,20-24H2,1-4H3,(H,44,53)(H,45,54)(H,46,52)(H,47,55)(H,48,51)/t26-,27-,31+,34+,35-,36+/m1/s1. The van der Waals surface area contributed by atoms with Crippen LogP contribution < -0.4 is 31.3 Å². The fraction of sp³-hybridized carbons (Fsp3) is 0.452. The van der Waals surface area contributed by atoms with E-state index in [-0.39, 0.29) is 30.8 Å². The molecular formula is C42H53N7O8. The first-order valence-corrected chi connectivity index (χ1v) is 19.4. The molecule has 15 heteroatoms. The van der Waals surface area contributed by atoms with Gasteiger partial charge in [-0.15, -0.1) is 0 Å². The van der Waals surface area contributed by atoms with Gasteiger partial charge in [0.2, 0.25) is 29.5 Å². The first-order valence-electron chi connectivity index (χ1n) is 19.4. The molecule has 3 aliphatic rings. The van der Waals surface area contributed by atoms with Gasteiger partial charge in [0.25, 0.3) is 5.91 Å². The van der Waals surface area contributed by atoms with Gasteiger partial charge in [-0.2, -0.15) is 0 Å². The number of rotatable bonds is 7. The number of nitrogens with zero attached hydrogens (tertiary/aromatic N) is 2. The number of hydrogen-bond donors (Lipinski definition) is 6. The summed E-state index contributed by atoms with van der Waals surface area (Å²) in [5, 5.41) is 24.3. The van der Waals surface area contributed by atoms with Gasteiger partial charge in [-0.05, 0) is 74.4 Å². The number of aliphatic hydroxyl groups is 1. The van der Waals surface area contributed by atoms with Crippen LogP contribution in [0.4, 0.5) is 0 Å². The lowest BCUT2D eigenvalue weighted by Crippen LogP contribution is -2.61. The van der Waals surface area contributed by atoms with Crippen LogP contribution in [0, 0.1) is 11.8 Å². The smallest absolute Gasteiger partial charge is 0.272 e. The van der Waals surface area contributed by atoms with Gasteiger partial charge < -0.3 is 41.3 Å². The normalized spacial score (nSPS) is 23.6. The summed E-state index contributed by atoms with van der Waals surface area (Å²) in [7, 11) is 0. The fourth-order valence-electron chi connectivity index (χ4n) is 6.83. The lowest BCUT2D eigenvalue weighted by molar-refractivity contribution is -0.136. The van der Waals surface area contributed by atoms with Crippen LogP contribution >= 0.6 is 0 Å². The molecule has 0 radical (unpaired) electrons. The van der Waals surface area contributed by atoms with E-state index in [1.165, 1.54) is 13.8 Å². The monoisotopic (exact) mass is 783 g/mol. The first-order chi connectivity index (χ1) is 27.3. The Bertz CT molecular complexity index is 1850. The second kappa shape index (κ2) is 19.9. The molecular weight excluding hydrogens is 731 g/mol. The van der Waals surface area contributed by atoms with Gasteiger partial charge in [-0.1, -0.05) is 62.4 Å². The van der Waals surface area contributed by atoms with Gasteiger partial charge in [0, 0.05) is 31.6 Å². The molecule has 3 aromatic rings. The van der Waals surface area contributed by atoms with Crippen molar-refractivity contribution in [3.05, 3.63) is 95.8 Å². The number of aliphatic hydroxyl groups excluding tert-OH is 1. The zero-order valence-electron chi connectivity index (χ0n) is 32.8. The third kappa shape index (κ3) is 11.8. The molecule has 2 aromatic carbocycles. The number of hydrogen-bond acceptors (Lipinski definition) is 9. The van der Waals surface area contributed by atoms with E-state index in [1.54, 1.807) is 67.4 Å². The second-order valence-electron chi connectivity index (χ2n) is 15.1. The molecule has 0 aliphatic carbocycles. The van der Waals surface area contributed by atoms with Crippen molar-refractivity contribution >= 4 is 35.4 Å². The highest BCUT2D eigenvalue weighted by molar-refractivity contribution is 5.96. The highest BCUT2D eigenvalue weighted by atomic mass is 16.5. The summed E-state index contributed by atoms with van der Waals surface area (Å²) in [5.41, 5.74) is 1.99. The van der Waals surface area contributed by atoms with Crippen LogP contribution in [0.3, 0.4) is 0 Å². The zero-order chi connectivity index (χ0) is 41.1. The third-order valence-corrected chi connectivity index (χ3v) is 10.2. The number of amides is 6. The molecule has 3 aliphatic heterocycles. The van der Waals surface area contributed by atoms with E-state index in [0.29, 0.717) is 49.4 Å². The van der Waals surface area contributed by atoms with E-state index in [1.807, 2.05) is 30.3 Å². The quantitative estimate of drug-likeness (QED) is 0.191. The van der Waals surface area contributed by atoms with Crippen molar-refractivity contribution in [2.24, 2.45) is 11.8 Å². The molecule has 1 fully saturated rings. The Morgan fingerprint density at radius 1 is 0.825 bits per heavy atom. The molecule has 57 heavy (non-hydrogen) atoms. The maximum atomic E-state index is 13.8. The molecule has 4 heterocycles. The van der Waals surface area contributed by atoms with Crippen molar-refractivity contribution in [2.75, 3.05) is 19.7 Å². The van der Waals surface area contributed by atoms with Gasteiger partial charge in [-0.3, -0.25) is 33.8 Å². The van der Waals surface area contributed by atoms with Crippen molar-refractivity contribution in [3.63, 3.8) is 0 Å². The number of ether oxygens (including phenoxy) is 1. The van der Waals surface area contributed by atoms with Crippen LogP contribution in [0.1, 0.15) is 62.2 Å². The Kier molecular flexibility index (Phi) is 14.7. The van der Waals surface area contributed by atoms with Crippen molar-refractivity contribution in [3.8, 4) is 5.75 Å². The molecule has 1 aromatic heterocycles. The number of pyridine rings is 1. The summed E-state index contributed by atoms with van der Waals surface area (Å²) >= 11 is 0. The van der Waals surface area contributed by atoms with E-state index < -0.39 is 65.9 Å². The van der Waals surface area contributed by atoms with Crippen molar-refractivity contribution in [2.45, 2.75) is 89.7 Å². The topological polar surface area (TPSA) is 208 Å². The Morgan fingerprint density at radius 2 is 1.47 bits per heavy atom. The number of piperidine rings is 1. The predicted octanol–water partition coefficient (Wildman–Crippen LogP) is 1.29. The van der Waals surface area contributed by atoms with Gasteiger partial charge in [0.05, 0.1) is 12.1 Å². The zero-order valence-corrected chi connectivity index (χ0v) is 32.8. The summed E-state index contributed by atoms with van der Waals surface area (Å²) in [5.74, 6) is -3.53. The molecule has 15 nitrogen and oxygen atoms in total. The van der Waals surface area contributed by atoms with Crippen LogP contribution in [0.2, 0.25) is 0 Å².